The number of nitrogens with zero attached hydrogens (tertiary/aromatic N) is 1. The van der Waals surface area contributed by atoms with E-state index in [-0.39, 0.29) is 24.9 Å². The van der Waals surface area contributed by atoms with Crippen LogP contribution in [0, 0.1) is 12.7 Å². The van der Waals surface area contributed by atoms with Crippen molar-refractivity contribution in [2.75, 3.05) is 5.32 Å². The number of anilines is 1. The smallest absolute Gasteiger partial charge is 0.326 e. The van der Waals surface area contributed by atoms with Gasteiger partial charge in [0, 0.05) is 25.1 Å². The van der Waals surface area contributed by atoms with Gasteiger partial charge in [-0.25, -0.2) is 14.2 Å². The number of rotatable bonds is 13. The Kier molecular flexibility index (Phi) is 10.2. The molecule has 6 N–H and O–H groups in total. The maximum Gasteiger partial charge on any atom is 0.326 e. The fourth-order valence-electron chi connectivity index (χ4n) is 6.18. The van der Waals surface area contributed by atoms with Gasteiger partial charge in [0.05, 0.1) is 16.5 Å². The summed E-state index contributed by atoms with van der Waals surface area (Å²) in [6.07, 6.45) is -0.951. The predicted octanol–water partition coefficient (Wildman–Crippen LogP) is 5.06. The van der Waals surface area contributed by atoms with Gasteiger partial charge >= 0.3 is 11.9 Å². The lowest BCUT2D eigenvalue weighted by Gasteiger charge is -2.22. The van der Waals surface area contributed by atoms with Gasteiger partial charge in [0.2, 0.25) is 5.91 Å². The number of hydrogen-bond acceptors (Lipinski definition) is 7. The van der Waals surface area contributed by atoms with E-state index >= 15 is 4.39 Å². The molecule has 0 saturated heterocycles. The Hall–Kier alpha value is -6.63. The lowest BCUT2D eigenvalue weighted by Crippen LogP contribution is -2.52. The summed E-state index contributed by atoms with van der Waals surface area (Å²) in [5, 5.41) is 30.8. The van der Waals surface area contributed by atoms with Crippen LogP contribution in [0.4, 0.5) is 10.1 Å². The highest BCUT2D eigenvalue weighted by molar-refractivity contribution is 6.06. The third-order valence-corrected chi connectivity index (χ3v) is 8.77. The number of fused-ring (bicyclic) bond motifs is 4. The third kappa shape index (κ3) is 7.88. The Morgan fingerprint density at radius 3 is 2.37 bits per heavy atom. The number of aromatic nitrogens is 2. The zero-order valence-electron chi connectivity index (χ0n) is 27.9. The van der Waals surface area contributed by atoms with Gasteiger partial charge in [0.1, 0.15) is 23.7 Å². The lowest BCUT2D eigenvalue weighted by molar-refractivity contribution is -0.142. The van der Waals surface area contributed by atoms with Crippen molar-refractivity contribution in [3.8, 4) is 0 Å². The molecule has 6 aromatic rings. The van der Waals surface area contributed by atoms with Gasteiger partial charge in [-0.05, 0) is 76.3 Å². The third-order valence-electron chi connectivity index (χ3n) is 8.77. The number of carboxylic acids is 2. The van der Waals surface area contributed by atoms with Gasteiger partial charge in [0.15, 0.2) is 0 Å². The van der Waals surface area contributed by atoms with Gasteiger partial charge in [-0.15, -0.1) is 0 Å². The van der Waals surface area contributed by atoms with Crippen LogP contribution in [0.3, 0.4) is 0 Å². The van der Waals surface area contributed by atoms with E-state index in [1.54, 1.807) is 25.1 Å². The summed E-state index contributed by atoms with van der Waals surface area (Å²) in [6, 6.07) is 23.0. The summed E-state index contributed by atoms with van der Waals surface area (Å²) in [5.74, 6) is -4.86. The van der Waals surface area contributed by atoms with Gasteiger partial charge in [-0.1, -0.05) is 60.7 Å². The van der Waals surface area contributed by atoms with E-state index in [0.717, 1.165) is 27.8 Å². The maximum absolute atomic E-state index is 15.3. The molecular weight excluding hydrogens is 669 g/mol. The number of halogens is 1. The zero-order valence-corrected chi connectivity index (χ0v) is 27.9. The first-order valence-electron chi connectivity index (χ1n) is 16.4. The van der Waals surface area contributed by atoms with E-state index in [2.05, 4.69) is 25.9 Å². The quantitative estimate of drug-likeness (QED) is 0.0893. The second-order valence-electron chi connectivity index (χ2n) is 12.4. The fourth-order valence-corrected chi connectivity index (χ4v) is 6.18. The number of H-pyrrole nitrogens is 1. The van der Waals surface area contributed by atoms with Crippen LogP contribution in [-0.2, 0) is 27.3 Å². The molecule has 1 heterocycles. The number of carbonyl (C=O) groups excluding carboxylic acids is 2. The molecule has 0 aliphatic carbocycles. The number of amides is 2. The molecule has 52 heavy (non-hydrogen) atoms. The average Bonchev–Trinajstić information content (AvgIpc) is 3.11. The number of benzene rings is 5. The summed E-state index contributed by atoms with van der Waals surface area (Å²) in [7, 11) is 0. The first kappa shape index (κ1) is 35.2. The van der Waals surface area contributed by atoms with Crippen LogP contribution >= 0.6 is 0 Å². The largest absolute Gasteiger partial charge is 0.481 e. The van der Waals surface area contributed by atoms with E-state index in [9.17, 15) is 34.2 Å². The molecule has 0 unspecified atom stereocenters. The molecule has 2 atom stereocenters. The van der Waals surface area contributed by atoms with E-state index in [1.165, 1.54) is 12.1 Å². The molecule has 0 aliphatic rings. The minimum absolute atomic E-state index is 0.0733. The number of aromatic amines is 1. The maximum atomic E-state index is 15.3. The van der Waals surface area contributed by atoms with Crippen LogP contribution in [0.2, 0.25) is 0 Å². The summed E-state index contributed by atoms with van der Waals surface area (Å²) in [6.45, 7) is 1.97. The Morgan fingerprint density at radius 1 is 0.846 bits per heavy atom. The van der Waals surface area contributed by atoms with Crippen molar-refractivity contribution in [3.05, 3.63) is 130 Å². The molecule has 0 spiro atoms. The molecule has 0 radical (unpaired) electrons. The highest BCUT2D eigenvalue weighted by Crippen LogP contribution is 2.24. The Labute approximate surface area is 295 Å². The normalized spacial score (nSPS) is 12.3. The van der Waals surface area contributed by atoms with Crippen LogP contribution in [0.1, 0.15) is 40.2 Å². The minimum Gasteiger partial charge on any atom is -0.481 e. The van der Waals surface area contributed by atoms with Crippen molar-refractivity contribution in [1.29, 1.82) is 0 Å². The summed E-state index contributed by atoms with van der Waals surface area (Å²) in [4.78, 5) is 70.0. The highest BCUT2D eigenvalue weighted by atomic mass is 19.1. The number of aliphatic carboxylic acids is 2. The average molecular weight is 704 g/mol. The Balaban J connectivity index is 1.14. The summed E-state index contributed by atoms with van der Waals surface area (Å²) >= 11 is 0. The molecule has 1 aromatic heterocycles. The van der Waals surface area contributed by atoms with Crippen molar-refractivity contribution in [2.24, 2.45) is 0 Å². The second kappa shape index (κ2) is 15.1. The van der Waals surface area contributed by atoms with Crippen LogP contribution < -0.4 is 21.5 Å². The van der Waals surface area contributed by atoms with Crippen molar-refractivity contribution in [3.63, 3.8) is 0 Å². The fraction of sp³-hybridized carbons (Fsp3) is 0.179. The predicted molar refractivity (Wildman–Crippen MR) is 194 cm³/mol. The van der Waals surface area contributed by atoms with Crippen molar-refractivity contribution < 1.29 is 33.8 Å². The molecular formula is C39H34FN5O7. The summed E-state index contributed by atoms with van der Waals surface area (Å²) in [5.41, 5.74) is 1.74. The van der Waals surface area contributed by atoms with E-state index in [0.29, 0.717) is 33.4 Å². The number of hydrogen-bond donors (Lipinski definition) is 6. The Bertz CT molecular complexity index is 2420. The van der Waals surface area contributed by atoms with E-state index in [1.807, 2.05) is 54.6 Å². The summed E-state index contributed by atoms with van der Waals surface area (Å²) < 4.78 is 15.3. The molecule has 6 rings (SSSR count). The minimum atomic E-state index is -1.47. The first-order chi connectivity index (χ1) is 25.0. The van der Waals surface area contributed by atoms with Gasteiger partial charge in [0.25, 0.3) is 11.5 Å². The van der Waals surface area contributed by atoms with E-state index in [4.69, 9.17) is 0 Å². The highest BCUT2D eigenvalue weighted by Gasteiger charge is 2.28. The van der Waals surface area contributed by atoms with Crippen molar-refractivity contribution in [1.82, 2.24) is 20.6 Å². The number of nitrogens with one attached hydrogen (secondary N) is 4. The van der Waals surface area contributed by atoms with E-state index < -0.39 is 53.6 Å². The van der Waals surface area contributed by atoms with Crippen molar-refractivity contribution >= 4 is 61.9 Å². The molecule has 0 bridgehead atoms. The molecule has 0 fully saturated rings. The Morgan fingerprint density at radius 2 is 1.60 bits per heavy atom. The molecule has 5 aromatic carbocycles. The van der Waals surface area contributed by atoms with Gasteiger partial charge < -0.3 is 31.1 Å². The van der Waals surface area contributed by atoms with Gasteiger partial charge in [-0.2, -0.15) is 0 Å². The van der Waals surface area contributed by atoms with Crippen LogP contribution in [0.25, 0.3) is 32.4 Å². The van der Waals surface area contributed by atoms with Crippen molar-refractivity contribution in [2.45, 2.75) is 44.8 Å². The topological polar surface area (TPSA) is 191 Å². The van der Waals surface area contributed by atoms with Crippen LogP contribution in [0.5, 0.6) is 0 Å². The molecule has 264 valence electrons. The first-order valence-corrected chi connectivity index (χ1v) is 16.4. The number of carbonyl (C=O) groups is 4. The molecule has 0 aliphatic heterocycles. The number of aryl methyl sites for hydroxylation is 1. The van der Waals surface area contributed by atoms with Gasteiger partial charge in [-0.3, -0.25) is 19.2 Å². The number of carboxylic acid groups (broad SMARTS) is 2. The molecule has 0 saturated carbocycles. The SMILES string of the molecule is Cc1nc2ccc3ccc(CNc4ccc(C(=O)N[C@@H](CCC(=O)O)C(=O)N[C@@H](Cc5cccc6ccccc56)C(=O)O)c(F)c4)cc3c2c(=O)[nH]1. The molecule has 13 heteroatoms. The monoisotopic (exact) mass is 703 g/mol. The molecule has 12 nitrogen and oxygen atoms in total. The zero-order chi connectivity index (χ0) is 36.9. The van der Waals surface area contributed by atoms with Crippen LogP contribution in [0.15, 0.2) is 95.8 Å². The standard InChI is InChI=1S/C39H34FN5O7/c1-21-42-31-14-11-24-10-9-22(17-29(24)35(31)38(50)43-21)20-41-26-12-13-28(30(40)19-26)36(48)44-32(15-16-34(46)47)37(49)45-33(39(51)52)18-25-7-4-6-23-5-2-3-8-27(23)25/h2-14,17,19,32-33,41H,15-16,18,20H2,1H3,(H,44,48)(H,45,49)(H,46,47)(H,51,52)(H,42,43,50)/t32-,33-/m0/s1. The van der Waals surface area contributed by atoms with Crippen LogP contribution in [-0.4, -0.2) is 56.0 Å². The second-order valence-corrected chi connectivity index (χ2v) is 12.4. The molecule has 2 amide bonds. The lowest BCUT2D eigenvalue weighted by atomic mass is 9.98.